The Balaban J connectivity index is 4.40. The molecule has 1 saturated heterocycles. The third-order valence-corrected chi connectivity index (χ3v) is 17.2. The second-order valence-corrected chi connectivity index (χ2v) is 27.7. The molecule has 0 saturated carbocycles. The molecule has 1 heterocycles. The fraction of sp³-hybridized carbons (Fsp3) is 0.800. The Morgan fingerprint density at radius 3 is 1.36 bits per heavy atom. The summed E-state index contributed by atoms with van der Waals surface area (Å²) >= 11 is 0. The Labute approximate surface area is 547 Å². The largest absolute Gasteiger partial charge is 0.481 e. The van der Waals surface area contributed by atoms with E-state index in [1.807, 2.05) is 55.4 Å². The van der Waals surface area contributed by atoms with Crippen LogP contribution in [-0.2, 0) is 62.3 Å². The molecule has 1 unspecified atom stereocenters. The monoisotopic (exact) mass is 1300 g/mol. The minimum Gasteiger partial charge on any atom is -0.481 e. The van der Waals surface area contributed by atoms with Crippen molar-refractivity contribution in [2.24, 2.45) is 41.4 Å². The van der Waals surface area contributed by atoms with Crippen LogP contribution in [0.4, 0.5) is 0 Å². The first-order valence-corrected chi connectivity index (χ1v) is 32.6. The summed E-state index contributed by atoms with van der Waals surface area (Å²) < 4.78 is 0. The molecule has 12 atom stereocenters. The summed E-state index contributed by atoms with van der Waals surface area (Å²) in [7, 11) is 9.61. The van der Waals surface area contributed by atoms with Crippen molar-refractivity contribution >= 4 is 76.9 Å². The van der Waals surface area contributed by atoms with Gasteiger partial charge in [0.2, 0.25) is 70.9 Å². The summed E-state index contributed by atoms with van der Waals surface area (Å²) in [6, 6.07) is -13.0. The van der Waals surface area contributed by atoms with Gasteiger partial charge in [0.1, 0.15) is 60.4 Å². The van der Waals surface area contributed by atoms with Crippen LogP contribution >= 0.6 is 0 Å². The van der Waals surface area contributed by atoms with Gasteiger partial charge in [0, 0.05) is 69.3 Å². The molecule has 6 N–H and O–H groups in total. The van der Waals surface area contributed by atoms with Crippen molar-refractivity contribution in [3.05, 3.63) is 0 Å². The molecule has 1 aliphatic rings. The molecule has 92 heavy (non-hydrogen) atoms. The highest BCUT2D eigenvalue weighted by Gasteiger charge is 2.46. The lowest BCUT2D eigenvalue weighted by atomic mass is 9.91. The SMILES string of the molecule is CC[C@H]1NC(=O)C([C@@H](O)[C@@H](C)CCN(CCC(=O)O)C(C)=O)N(C)C(=O)[C@@H](C(C)C)N(C)C(=O)[C@@H](CC(C)C)N(C)C(=O)[C@@H](CC(C)C)N(C)C(=O)[C@@H](C)NC(=O)[C@@H](C)NC(=O)[C@@H](CC(C)C)N(C)C(=O)[C@@H](C(C)C)NC(=O)[C@@H](CC(C)C)N(C)C(=O)CN(C)C1=O. The van der Waals surface area contributed by atoms with E-state index in [1.54, 1.807) is 41.5 Å². The Bertz CT molecular complexity index is 2560. The molecule has 0 spiro atoms. The number of nitrogens with zero attached hydrogens (tertiary/aromatic N) is 8. The smallest absolute Gasteiger partial charge is 0.305 e. The predicted octanol–water partition coefficient (Wildman–Crippen LogP) is 2.02. The molecule has 1 fully saturated rings. The van der Waals surface area contributed by atoms with Gasteiger partial charge in [0.05, 0.1) is 19.1 Å². The van der Waals surface area contributed by atoms with Crippen molar-refractivity contribution in [2.45, 2.75) is 229 Å². The number of nitrogens with one attached hydrogen (secondary N) is 4. The van der Waals surface area contributed by atoms with Crippen LogP contribution in [0.1, 0.15) is 163 Å². The van der Waals surface area contributed by atoms with E-state index in [2.05, 4.69) is 21.3 Å². The Morgan fingerprint density at radius 1 is 0.489 bits per heavy atom. The van der Waals surface area contributed by atoms with E-state index in [-0.39, 0.29) is 81.7 Å². The molecule has 12 amide bonds. The minimum absolute atomic E-state index is 0.00776. The number of aliphatic hydroxyl groups excluding tert-OH is 1. The highest BCUT2D eigenvalue weighted by Crippen LogP contribution is 2.26. The van der Waals surface area contributed by atoms with E-state index in [4.69, 9.17) is 0 Å². The molecule has 0 aromatic heterocycles. The molecule has 0 aromatic rings. The summed E-state index contributed by atoms with van der Waals surface area (Å²) in [6.07, 6.45) is -1.69. The molecular formula is C65H116N12O15. The van der Waals surface area contributed by atoms with Gasteiger partial charge in [-0.2, -0.15) is 0 Å². The summed E-state index contributed by atoms with van der Waals surface area (Å²) in [5, 5.41) is 32.6. The van der Waals surface area contributed by atoms with Crippen molar-refractivity contribution < 1.29 is 72.5 Å². The molecular weight excluding hydrogens is 1190 g/mol. The zero-order valence-corrected chi connectivity index (χ0v) is 59.7. The molecule has 0 aliphatic carbocycles. The lowest BCUT2D eigenvalue weighted by Crippen LogP contribution is -2.63. The predicted molar refractivity (Wildman–Crippen MR) is 348 cm³/mol. The van der Waals surface area contributed by atoms with Crippen LogP contribution in [0.25, 0.3) is 0 Å². The molecule has 27 heteroatoms. The molecule has 27 nitrogen and oxygen atoms in total. The summed E-state index contributed by atoms with van der Waals surface area (Å²) in [5.41, 5.74) is 0. The number of hydrogen-bond donors (Lipinski definition) is 6. The number of carbonyl (C=O) groups excluding carboxylic acids is 12. The van der Waals surface area contributed by atoms with Crippen molar-refractivity contribution in [3.8, 4) is 0 Å². The number of likely N-dealkylation sites (N-methyl/N-ethyl adjacent to an activating group) is 7. The first kappa shape index (κ1) is 83.1. The van der Waals surface area contributed by atoms with Crippen molar-refractivity contribution in [1.82, 2.24) is 60.5 Å². The number of carboxylic acids is 1. The van der Waals surface area contributed by atoms with Gasteiger partial charge in [0.25, 0.3) is 0 Å². The number of amides is 12. The van der Waals surface area contributed by atoms with E-state index in [1.165, 1.54) is 99.5 Å². The van der Waals surface area contributed by atoms with Crippen LogP contribution in [0.3, 0.4) is 0 Å². The van der Waals surface area contributed by atoms with Crippen LogP contribution in [-0.4, -0.2) is 262 Å². The topological polar surface area (TPSA) is 336 Å². The quantitative estimate of drug-likeness (QED) is 0.108. The third kappa shape index (κ3) is 23.9. The summed E-state index contributed by atoms with van der Waals surface area (Å²) in [6.45, 7) is 27.9. The van der Waals surface area contributed by atoms with Crippen LogP contribution in [0.2, 0.25) is 0 Å². The normalized spacial score (nSPS) is 25.6. The summed E-state index contributed by atoms with van der Waals surface area (Å²) in [5.74, 6) is -12.5. The Kier molecular flexibility index (Phi) is 34.0. The first-order valence-electron chi connectivity index (χ1n) is 32.6. The second kappa shape index (κ2) is 37.7. The maximum Gasteiger partial charge on any atom is 0.305 e. The molecule has 0 bridgehead atoms. The van der Waals surface area contributed by atoms with Crippen molar-refractivity contribution in [3.63, 3.8) is 0 Å². The van der Waals surface area contributed by atoms with Gasteiger partial charge >= 0.3 is 5.97 Å². The number of carboxylic acid groups (broad SMARTS) is 1. The van der Waals surface area contributed by atoms with Crippen LogP contribution < -0.4 is 21.3 Å². The number of aliphatic hydroxyl groups is 1. The van der Waals surface area contributed by atoms with Crippen LogP contribution in [0, 0.1) is 41.4 Å². The lowest BCUT2D eigenvalue weighted by molar-refractivity contribution is -0.157. The highest BCUT2D eigenvalue weighted by atomic mass is 16.4. The van der Waals surface area contributed by atoms with E-state index in [9.17, 15) is 53.4 Å². The minimum atomic E-state index is -1.80. The number of rotatable bonds is 19. The van der Waals surface area contributed by atoms with Gasteiger partial charge in [0.15, 0.2) is 0 Å². The molecule has 1 aliphatic heterocycles. The van der Waals surface area contributed by atoms with Crippen molar-refractivity contribution in [1.29, 1.82) is 0 Å². The van der Waals surface area contributed by atoms with Gasteiger partial charge in [-0.05, 0) is 93.8 Å². The Hall–Kier alpha value is -6.93. The molecule has 0 radical (unpaired) electrons. The number of carbonyl (C=O) groups is 13. The zero-order valence-electron chi connectivity index (χ0n) is 59.7. The summed E-state index contributed by atoms with van der Waals surface area (Å²) in [4.78, 5) is 195. The molecule has 1 rings (SSSR count). The van der Waals surface area contributed by atoms with E-state index < -0.39 is 168 Å². The van der Waals surface area contributed by atoms with Crippen molar-refractivity contribution in [2.75, 3.05) is 69.0 Å². The second-order valence-electron chi connectivity index (χ2n) is 27.7. The fourth-order valence-corrected chi connectivity index (χ4v) is 11.4. The number of hydrogen-bond acceptors (Lipinski definition) is 14. The Morgan fingerprint density at radius 2 is 0.913 bits per heavy atom. The van der Waals surface area contributed by atoms with Crippen LogP contribution in [0.15, 0.2) is 0 Å². The zero-order chi connectivity index (χ0) is 71.4. The molecule has 526 valence electrons. The standard InChI is InChI=1S/C65H116N12O15/c1-25-45-61(88)70(18)34-50(79)71(19)46(30-35(2)3)58(85)69-52(39(10)11)64(91)72(20)47(31-36(4)5)57(84)66-42(15)56(83)67-43(16)60(87)73(21)48(32-37(6)7)62(89)74(22)49(33-38(8)9)63(90)75(23)53(40(12)13)65(92)76(24)54(59(86)68-45)55(82)41(14)26-28-77(44(17)78)29-27-51(80)81/h35-43,45-49,52-55,82H,25-34H2,1-24H3,(H,66,84)(H,67,83)(H,68,86)(H,69,85)(H,80,81)/t41-,42+,43+,45+,46+,47+,48+,49+,52+,53+,54?,55-/m0/s1. The van der Waals surface area contributed by atoms with Gasteiger partial charge < -0.3 is 70.7 Å². The first-order chi connectivity index (χ1) is 42.4. The highest BCUT2D eigenvalue weighted by molar-refractivity contribution is 5.99. The lowest BCUT2D eigenvalue weighted by Gasteiger charge is -2.41. The maximum atomic E-state index is 15.3. The van der Waals surface area contributed by atoms with Crippen LogP contribution in [0.5, 0.6) is 0 Å². The van der Waals surface area contributed by atoms with E-state index in [0.29, 0.717) is 0 Å². The fourth-order valence-electron chi connectivity index (χ4n) is 11.4. The van der Waals surface area contributed by atoms with E-state index in [0.717, 1.165) is 9.80 Å². The number of aliphatic carboxylic acids is 1. The molecule has 0 aromatic carbocycles. The maximum absolute atomic E-state index is 15.3. The van der Waals surface area contributed by atoms with Gasteiger partial charge in [-0.1, -0.05) is 96.9 Å². The van der Waals surface area contributed by atoms with Gasteiger partial charge in [-0.3, -0.25) is 62.3 Å². The van der Waals surface area contributed by atoms with E-state index >= 15 is 19.2 Å². The van der Waals surface area contributed by atoms with Gasteiger partial charge in [-0.25, -0.2) is 0 Å². The van der Waals surface area contributed by atoms with Gasteiger partial charge in [-0.15, -0.1) is 0 Å². The third-order valence-electron chi connectivity index (χ3n) is 17.2. The average molecular weight is 1310 g/mol. The average Bonchev–Trinajstić information content (AvgIpc) is 0.843.